The quantitative estimate of drug-likeness (QED) is 0.241. The molecule has 0 spiro atoms. The molecule has 8 nitrogen and oxygen atoms in total. The average molecular weight is 547 g/mol. The van der Waals surface area contributed by atoms with E-state index in [0.717, 1.165) is 68.9 Å². The van der Waals surface area contributed by atoms with E-state index in [9.17, 15) is 4.79 Å². The van der Waals surface area contributed by atoms with Crippen molar-refractivity contribution in [1.82, 2.24) is 25.0 Å². The molecule has 0 bridgehead atoms. The van der Waals surface area contributed by atoms with E-state index in [1.807, 2.05) is 39.1 Å². The van der Waals surface area contributed by atoms with E-state index in [4.69, 9.17) is 4.74 Å². The standard InChI is InChI=1S/C32H46N6O2/c1-7-11-25(5)27-19-30(22-34-20-27)38-26(6)31(23-35-38)32(39)36-28(18-24(3)4)21-33-13-10-9-12-29(8-2)37-14-16-40-17-15-37/h9-10,13,18-23,25,29H,7-8,11-12,14-17H2,1-6H3,(H,36,39)/b10-9+,28-21+,33-13+. The number of aliphatic imine (C=N–C) groups is 1. The van der Waals surface area contributed by atoms with Gasteiger partial charge in [0.2, 0.25) is 0 Å². The van der Waals surface area contributed by atoms with Crippen LogP contribution < -0.4 is 5.32 Å². The highest BCUT2D eigenvalue weighted by atomic mass is 16.5. The lowest BCUT2D eigenvalue weighted by molar-refractivity contribution is 0.0164. The van der Waals surface area contributed by atoms with Crippen LogP contribution in [0.15, 0.2) is 65.3 Å². The number of carbonyl (C=O) groups is 1. The first-order valence-electron chi connectivity index (χ1n) is 14.5. The third-order valence-corrected chi connectivity index (χ3v) is 7.20. The van der Waals surface area contributed by atoms with Crippen LogP contribution in [0.2, 0.25) is 0 Å². The summed E-state index contributed by atoms with van der Waals surface area (Å²) in [5, 5.41) is 7.50. The lowest BCUT2D eigenvalue weighted by atomic mass is 9.98. The molecule has 40 heavy (non-hydrogen) atoms. The van der Waals surface area contributed by atoms with Crippen LogP contribution >= 0.6 is 0 Å². The van der Waals surface area contributed by atoms with Gasteiger partial charge in [-0.15, -0.1) is 0 Å². The van der Waals surface area contributed by atoms with Gasteiger partial charge < -0.3 is 10.1 Å². The van der Waals surface area contributed by atoms with Gasteiger partial charge in [0, 0.05) is 31.5 Å². The number of pyridine rings is 1. The normalized spacial score (nSPS) is 16.4. The summed E-state index contributed by atoms with van der Waals surface area (Å²) in [5.41, 5.74) is 4.98. The molecule has 2 unspecified atom stereocenters. The van der Waals surface area contributed by atoms with Crippen molar-refractivity contribution in [2.45, 2.75) is 79.2 Å². The first kappa shape index (κ1) is 31.2. The smallest absolute Gasteiger partial charge is 0.259 e. The van der Waals surface area contributed by atoms with Crippen molar-refractivity contribution in [3.8, 4) is 5.69 Å². The van der Waals surface area contributed by atoms with Crippen molar-refractivity contribution in [2.24, 2.45) is 4.99 Å². The lowest BCUT2D eigenvalue weighted by Gasteiger charge is -2.33. The van der Waals surface area contributed by atoms with Gasteiger partial charge in [0.05, 0.1) is 54.4 Å². The van der Waals surface area contributed by atoms with Crippen LogP contribution in [-0.2, 0) is 4.74 Å². The van der Waals surface area contributed by atoms with E-state index in [2.05, 4.69) is 58.2 Å². The minimum absolute atomic E-state index is 0.224. The fourth-order valence-corrected chi connectivity index (χ4v) is 4.92. The van der Waals surface area contributed by atoms with Crippen molar-refractivity contribution in [3.63, 3.8) is 0 Å². The predicted molar refractivity (Wildman–Crippen MR) is 163 cm³/mol. The number of ether oxygens (including phenoxy) is 1. The second-order valence-corrected chi connectivity index (χ2v) is 10.7. The zero-order valence-electron chi connectivity index (χ0n) is 25.1. The van der Waals surface area contributed by atoms with Gasteiger partial charge in [-0.2, -0.15) is 5.10 Å². The van der Waals surface area contributed by atoms with Gasteiger partial charge in [0.1, 0.15) is 0 Å². The van der Waals surface area contributed by atoms with Crippen molar-refractivity contribution >= 4 is 12.1 Å². The molecule has 1 N–H and O–H groups in total. The maximum absolute atomic E-state index is 13.2. The molecule has 216 valence electrons. The van der Waals surface area contributed by atoms with Gasteiger partial charge in [-0.1, -0.05) is 38.8 Å². The van der Waals surface area contributed by atoms with Crippen molar-refractivity contribution in [2.75, 3.05) is 26.3 Å². The minimum atomic E-state index is -0.224. The highest BCUT2D eigenvalue weighted by Gasteiger charge is 2.18. The Morgan fingerprint density at radius 1 is 1.20 bits per heavy atom. The lowest BCUT2D eigenvalue weighted by Crippen LogP contribution is -2.43. The molecule has 0 aliphatic carbocycles. The summed E-state index contributed by atoms with van der Waals surface area (Å²) in [7, 11) is 0. The van der Waals surface area contributed by atoms with Crippen LogP contribution in [0.4, 0.5) is 0 Å². The van der Waals surface area contributed by atoms with Crippen LogP contribution in [0.5, 0.6) is 0 Å². The molecule has 2 aromatic heterocycles. The molecule has 2 atom stereocenters. The van der Waals surface area contributed by atoms with Gasteiger partial charge >= 0.3 is 0 Å². The highest BCUT2D eigenvalue weighted by molar-refractivity contribution is 5.96. The highest BCUT2D eigenvalue weighted by Crippen LogP contribution is 2.23. The molecule has 8 heteroatoms. The van der Waals surface area contributed by atoms with Crippen LogP contribution in [0.1, 0.15) is 87.8 Å². The van der Waals surface area contributed by atoms with Crippen LogP contribution in [0, 0.1) is 6.92 Å². The number of amides is 1. The van der Waals surface area contributed by atoms with Gasteiger partial charge in [0.25, 0.3) is 5.91 Å². The Hall–Kier alpha value is -3.36. The molecule has 2 aromatic rings. The number of nitrogens with one attached hydrogen (secondary N) is 1. The minimum Gasteiger partial charge on any atom is -0.379 e. The molecule has 0 radical (unpaired) electrons. The first-order valence-corrected chi connectivity index (χ1v) is 14.5. The molecule has 1 aliphatic heterocycles. The van der Waals surface area contributed by atoms with Gasteiger partial charge in [0.15, 0.2) is 0 Å². The average Bonchev–Trinajstić information content (AvgIpc) is 3.34. The number of allylic oxidation sites excluding steroid dienone is 3. The molecule has 3 rings (SSSR count). The summed E-state index contributed by atoms with van der Waals surface area (Å²) in [4.78, 5) is 24.6. The fraction of sp³-hybridized carbons (Fsp3) is 0.500. The number of rotatable bonds is 13. The van der Waals surface area contributed by atoms with E-state index in [-0.39, 0.29) is 5.91 Å². The number of hydrogen-bond acceptors (Lipinski definition) is 6. The molecule has 1 saturated heterocycles. The van der Waals surface area contributed by atoms with E-state index < -0.39 is 0 Å². The Morgan fingerprint density at radius 3 is 2.67 bits per heavy atom. The zero-order chi connectivity index (χ0) is 28.9. The topological polar surface area (TPSA) is 84.6 Å². The number of morpholine rings is 1. The molecular formula is C32H46N6O2. The van der Waals surface area contributed by atoms with Crippen molar-refractivity contribution in [1.29, 1.82) is 0 Å². The predicted octanol–water partition coefficient (Wildman–Crippen LogP) is 6.14. The van der Waals surface area contributed by atoms with Crippen LogP contribution in [0.25, 0.3) is 5.69 Å². The Labute approximate surface area is 239 Å². The SMILES string of the molecule is CCCC(C)c1cncc(-n2ncc(C(=O)N/C(C=C(C)C)=C/N=C/C=C/CC(CC)N3CCOCC3)c2C)c1. The summed E-state index contributed by atoms with van der Waals surface area (Å²) < 4.78 is 7.25. The molecule has 1 aliphatic rings. The number of aromatic nitrogens is 3. The molecular weight excluding hydrogens is 500 g/mol. The van der Waals surface area contributed by atoms with Crippen LogP contribution in [-0.4, -0.2) is 64.1 Å². The first-order chi connectivity index (χ1) is 19.3. The molecule has 3 heterocycles. The maximum atomic E-state index is 13.2. The Balaban J connectivity index is 1.67. The van der Waals surface area contributed by atoms with Gasteiger partial charge in [-0.25, -0.2) is 4.68 Å². The van der Waals surface area contributed by atoms with E-state index in [1.54, 1.807) is 29.5 Å². The van der Waals surface area contributed by atoms with Crippen LogP contribution in [0.3, 0.4) is 0 Å². The molecule has 0 aromatic carbocycles. The third kappa shape index (κ3) is 9.10. The monoisotopic (exact) mass is 546 g/mol. The van der Waals surface area contributed by atoms with Crippen molar-refractivity contribution in [3.05, 3.63) is 77.2 Å². The number of carbonyl (C=O) groups excluding carboxylic acids is 1. The summed E-state index contributed by atoms with van der Waals surface area (Å²) in [6.45, 7) is 16.1. The van der Waals surface area contributed by atoms with Gasteiger partial charge in [-0.05, 0) is 69.7 Å². The largest absolute Gasteiger partial charge is 0.379 e. The summed E-state index contributed by atoms with van der Waals surface area (Å²) >= 11 is 0. The van der Waals surface area contributed by atoms with E-state index >= 15 is 0 Å². The van der Waals surface area contributed by atoms with E-state index in [1.165, 1.54) is 5.56 Å². The summed E-state index contributed by atoms with van der Waals surface area (Å²) in [5.74, 6) is 0.194. The second-order valence-electron chi connectivity index (χ2n) is 10.7. The maximum Gasteiger partial charge on any atom is 0.259 e. The summed E-state index contributed by atoms with van der Waals surface area (Å²) in [6, 6.07) is 2.63. The number of nitrogens with zero attached hydrogens (tertiary/aromatic N) is 5. The number of hydrogen-bond donors (Lipinski definition) is 1. The Morgan fingerprint density at radius 2 is 1.98 bits per heavy atom. The molecule has 1 fully saturated rings. The molecule has 0 saturated carbocycles. The zero-order valence-corrected chi connectivity index (χ0v) is 25.1. The fourth-order valence-electron chi connectivity index (χ4n) is 4.92. The third-order valence-electron chi connectivity index (χ3n) is 7.20. The second kappa shape index (κ2) is 16.0. The Kier molecular flexibility index (Phi) is 12.5. The van der Waals surface area contributed by atoms with Gasteiger partial charge in [-0.3, -0.25) is 19.7 Å². The summed E-state index contributed by atoms with van der Waals surface area (Å²) in [6.07, 6.45) is 19.1. The van der Waals surface area contributed by atoms with Crippen molar-refractivity contribution < 1.29 is 9.53 Å². The van der Waals surface area contributed by atoms with E-state index in [0.29, 0.717) is 23.2 Å². The molecule has 1 amide bonds. The Bertz CT molecular complexity index is 1220.